The van der Waals surface area contributed by atoms with Crippen LogP contribution in [0.1, 0.15) is 5.56 Å². The molecule has 0 fully saturated rings. The van der Waals surface area contributed by atoms with Crippen molar-refractivity contribution in [2.75, 3.05) is 13.7 Å². The van der Waals surface area contributed by atoms with Crippen molar-refractivity contribution in [1.82, 2.24) is 0 Å². The van der Waals surface area contributed by atoms with Crippen LogP contribution < -0.4 is 0 Å². The maximum Gasteiger partial charge on any atom is 0.297 e. The normalized spacial score (nSPS) is 13.3. The number of rotatable bonds is 6. The van der Waals surface area contributed by atoms with E-state index in [1.807, 2.05) is 6.92 Å². The molecule has 94 valence electrons. The highest BCUT2D eigenvalue weighted by Crippen LogP contribution is 2.13. The summed E-state index contributed by atoms with van der Waals surface area (Å²) in [4.78, 5) is 10.5. The smallest absolute Gasteiger partial charge is 0.297 e. The summed E-state index contributed by atoms with van der Waals surface area (Å²) < 4.78 is 32.8. The van der Waals surface area contributed by atoms with E-state index >= 15 is 0 Å². The number of ether oxygens (including phenoxy) is 1. The Morgan fingerprint density at radius 2 is 1.88 bits per heavy atom. The Labute approximate surface area is 100 Å². The molecular formula is C11H14O5S. The fourth-order valence-electron chi connectivity index (χ4n) is 1.09. The van der Waals surface area contributed by atoms with E-state index in [2.05, 4.69) is 0 Å². The molecule has 0 heterocycles. The zero-order chi connectivity index (χ0) is 12.9. The van der Waals surface area contributed by atoms with Crippen LogP contribution in [0, 0.1) is 6.92 Å². The SMILES string of the molecule is COC(C=O)COS(=O)(=O)c1ccc(C)cc1. The van der Waals surface area contributed by atoms with Crippen molar-refractivity contribution in [3.63, 3.8) is 0 Å². The molecule has 17 heavy (non-hydrogen) atoms. The summed E-state index contributed by atoms with van der Waals surface area (Å²) >= 11 is 0. The van der Waals surface area contributed by atoms with Gasteiger partial charge >= 0.3 is 0 Å². The van der Waals surface area contributed by atoms with Gasteiger partial charge in [-0.05, 0) is 19.1 Å². The Morgan fingerprint density at radius 3 is 2.35 bits per heavy atom. The molecule has 1 rings (SSSR count). The minimum Gasteiger partial charge on any atom is -0.371 e. The van der Waals surface area contributed by atoms with Crippen LogP contribution >= 0.6 is 0 Å². The van der Waals surface area contributed by atoms with Crippen LogP contribution in [0.15, 0.2) is 29.2 Å². The van der Waals surface area contributed by atoms with Gasteiger partial charge < -0.3 is 9.53 Å². The van der Waals surface area contributed by atoms with Gasteiger partial charge in [0.2, 0.25) is 0 Å². The molecule has 0 spiro atoms. The van der Waals surface area contributed by atoms with Crippen LogP contribution in [0.4, 0.5) is 0 Å². The van der Waals surface area contributed by atoms with Crippen molar-refractivity contribution in [3.05, 3.63) is 29.8 Å². The van der Waals surface area contributed by atoms with Crippen LogP contribution in [-0.2, 0) is 23.8 Å². The molecule has 0 aromatic heterocycles. The van der Waals surface area contributed by atoms with Crippen molar-refractivity contribution in [2.45, 2.75) is 17.9 Å². The first-order chi connectivity index (χ1) is 7.99. The summed E-state index contributed by atoms with van der Waals surface area (Å²) in [6, 6.07) is 6.24. The van der Waals surface area contributed by atoms with Gasteiger partial charge in [0.25, 0.3) is 10.1 Å². The first-order valence-corrected chi connectivity index (χ1v) is 6.34. The molecule has 1 atom stereocenters. The van der Waals surface area contributed by atoms with Crippen LogP contribution in [0.3, 0.4) is 0 Å². The quantitative estimate of drug-likeness (QED) is 0.560. The lowest BCUT2D eigenvalue weighted by molar-refractivity contribution is -0.117. The summed E-state index contributed by atoms with van der Waals surface area (Å²) in [5.41, 5.74) is 0.951. The molecule has 0 saturated carbocycles. The van der Waals surface area contributed by atoms with E-state index in [9.17, 15) is 13.2 Å². The van der Waals surface area contributed by atoms with Crippen molar-refractivity contribution in [1.29, 1.82) is 0 Å². The molecule has 0 aliphatic carbocycles. The first-order valence-electron chi connectivity index (χ1n) is 4.94. The molecule has 1 aromatic rings. The molecular weight excluding hydrogens is 244 g/mol. The van der Waals surface area contributed by atoms with Crippen LogP contribution in [0.2, 0.25) is 0 Å². The Morgan fingerprint density at radius 1 is 1.29 bits per heavy atom. The predicted octanol–water partition coefficient (Wildman–Crippen LogP) is 0.914. The number of aryl methyl sites for hydroxylation is 1. The van der Waals surface area contributed by atoms with Crippen molar-refractivity contribution < 1.29 is 22.1 Å². The molecule has 5 nitrogen and oxygen atoms in total. The number of benzene rings is 1. The lowest BCUT2D eigenvalue weighted by atomic mass is 10.2. The fraction of sp³-hybridized carbons (Fsp3) is 0.364. The van der Waals surface area contributed by atoms with E-state index in [0.29, 0.717) is 6.29 Å². The van der Waals surface area contributed by atoms with Gasteiger partial charge in [0.05, 0.1) is 11.5 Å². The second-order valence-electron chi connectivity index (χ2n) is 3.46. The minimum absolute atomic E-state index is 0.0591. The monoisotopic (exact) mass is 258 g/mol. The molecule has 0 N–H and O–H groups in total. The second-order valence-corrected chi connectivity index (χ2v) is 5.08. The lowest BCUT2D eigenvalue weighted by Crippen LogP contribution is -2.22. The topological polar surface area (TPSA) is 69.7 Å². The van der Waals surface area contributed by atoms with E-state index in [1.54, 1.807) is 12.1 Å². The Bertz CT molecular complexity index is 463. The molecule has 0 amide bonds. The molecule has 0 radical (unpaired) electrons. The lowest BCUT2D eigenvalue weighted by Gasteiger charge is -2.09. The fourth-order valence-corrected chi connectivity index (χ4v) is 2.01. The molecule has 0 bridgehead atoms. The van der Waals surface area contributed by atoms with Gasteiger partial charge in [0.15, 0.2) is 6.29 Å². The van der Waals surface area contributed by atoms with Gasteiger partial charge in [0.1, 0.15) is 6.10 Å². The van der Waals surface area contributed by atoms with Crippen LogP contribution in [-0.4, -0.2) is 34.5 Å². The minimum atomic E-state index is -3.83. The highest BCUT2D eigenvalue weighted by molar-refractivity contribution is 7.86. The molecule has 1 unspecified atom stereocenters. The van der Waals surface area contributed by atoms with Gasteiger partial charge in [-0.15, -0.1) is 0 Å². The summed E-state index contributed by atoms with van der Waals surface area (Å²) in [7, 11) is -2.52. The van der Waals surface area contributed by atoms with E-state index in [-0.39, 0.29) is 11.5 Å². The summed E-state index contributed by atoms with van der Waals surface area (Å²) in [6.07, 6.45) is -0.389. The van der Waals surface area contributed by atoms with Crippen molar-refractivity contribution >= 4 is 16.4 Å². The van der Waals surface area contributed by atoms with Gasteiger partial charge in [-0.25, -0.2) is 0 Å². The summed E-state index contributed by atoms with van der Waals surface area (Å²) in [5, 5.41) is 0. The van der Waals surface area contributed by atoms with Gasteiger partial charge in [-0.1, -0.05) is 17.7 Å². The maximum absolute atomic E-state index is 11.7. The van der Waals surface area contributed by atoms with E-state index in [1.165, 1.54) is 19.2 Å². The predicted molar refractivity (Wildman–Crippen MR) is 61.2 cm³/mol. The van der Waals surface area contributed by atoms with Gasteiger partial charge in [-0.2, -0.15) is 8.42 Å². The third-order valence-corrected chi connectivity index (χ3v) is 3.45. The molecule has 1 aromatic carbocycles. The largest absolute Gasteiger partial charge is 0.371 e. The molecule has 0 aliphatic heterocycles. The Kier molecular flexibility index (Phi) is 4.80. The van der Waals surface area contributed by atoms with E-state index in [4.69, 9.17) is 8.92 Å². The zero-order valence-corrected chi connectivity index (χ0v) is 10.4. The van der Waals surface area contributed by atoms with Crippen LogP contribution in [0.25, 0.3) is 0 Å². The first kappa shape index (κ1) is 13.8. The van der Waals surface area contributed by atoms with Crippen molar-refractivity contribution in [3.8, 4) is 0 Å². The number of hydrogen-bond donors (Lipinski definition) is 0. The number of carbonyl (C=O) groups is 1. The standard InChI is InChI=1S/C11H14O5S/c1-9-3-5-11(6-4-9)17(13,14)16-8-10(7-12)15-2/h3-7,10H,8H2,1-2H3. The Balaban J connectivity index is 2.75. The number of aldehydes is 1. The third-order valence-electron chi connectivity index (χ3n) is 2.15. The van der Waals surface area contributed by atoms with E-state index in [0.717, 1.165) is 5.56 Å². The second kappa shape index (κ2) is 5.90. The molecule has 6 heteroatoms. The average molecular weight is 258 g/mol. The van der Waals surface area contributed by atoms with Gasteiger partial charge in [-0.3, -0.25) is 4.18 Å². The summed E-state index contributed by atoms with van der Waals surface area (Å²) in [5.74, 6) is 0. The van der Waals surface area contributed by atoms with Crippen LogP contribution in [0.5, 0.6) is 0 Å². The summed E-state index contributed by atoms with van der Waals surface area (Å²) in [6.45, 7) is 1.53. The zero-order valence-electron chi connectivity index (χ0n) is 9.62. The molecule has 0 saturated heterocycles. The highest BCUT2D eigenvalue weighted by atomic mass is 32.2. The average Bonchev–Trinajstić information content (AvgIpc) is 2.31. The highest BCUT2D eigenvalue weighted by Gasteiger charge is 2.17. The number of methoxy groups -OCH3 is 1. The van der Waals surface area contributed by atoms with Gasteiger partial charge in [0, 0.05) is 7.11 Å². The van der Waals surface area contributed by atoms with Crippen molar-refractivity contribution in [2.24, 2.45) is 0 Å². The molecule has 0 aliphatic rings. The maximum atomic E-state index is 11.7. The number of hydrogen-bond acceptors (Lipinski definition) is 5. The number of carbonyl (C=O) groups excluding carboxylic acids is 1. The third kappa shape index (κ3) is 3.92. The Hall–Kier alpha value is -1.24. The van der Waals surface area contributed by atoms with E-state index < -0.39 is 16.2 Å².